The summed E-state index contributed by atoms with van der Waals surface area (Å²) in [5.74, 6) is -7.83. The van der Waals surface area contributed by atoms with Crippen molar-refractivity contribution >= 4 is 27.8 Å². The van der Waals surface area contributed by atoms with Crippen molar-refractivity contribution < 1.29 is 50.3 Å². The van der Waals surface area contributed by atoms with Gasteiger partial charge >= 0.3 is 17.1 Å². The molecule has 5 atom stereocenters. The Morgan fingerprint density at radius 1 is 1.10 bits per heavy atom. The average Bonchev–Trinajstić information content (AvgIpc) is 3.10. The highest BCUT2D eigenvalue weighted by Crippen LogP contribution is 2.61. The number of aliphatic hydroxyl groups is 2. The quantitative estimate of drug-likeness (QED) is 0.306. The number of halogens is 4. The summed E-state index contributed by atoms with van der Waals surface area (Å²) >= 11 is 1.37. The van der Waals surface area contributed by atoms with Gasteiger partial charge in [0.1, 0.15) is 0 Å². The number of carbonyl (C=O) groups excluding carboxylic acids is 1. The van der Waals surface area contributed by atoms with Gasteiger partial charge in [-0.1, -0.05) is 0 Å². The third-order valence-corrected chi connectivity index (χ3v) is 8.39. The van der Waals surface area contributed by atoms with Crippen LogP contribution >= 0.6 is 11.8 Å². The van der Waals surface area contributed by atoms with E-state index in [1.165, 1.54) is 25.6 Å². The molecule has 13 heteroatoms. The van der Waals surface area contributed by atoms with Gasteiger partial charge in [-0.05, 0) is 34.1 Å². The van der Waals surface area contributed by atoms with Crippen LogP contribution in [0.3, 0.4) is 0 Å². The van der Waals surface area contributed by atoms with Crippen molar-refractivity contribution in [3.63, 3.8) is 0 Å². The van der Waals surface area contributed by atoms with Crippen molar-refractivity contribution in [2.45, 2.75) is 73.4 Å². The van der Waals surface area contributed by atoms with Crippen LogP contribution in [0.25, 0.3) is 0 Å². The first-order valence-corrected chi connectivity index (χ1v) is 11.5. The minimum absolute atomic E-state index is 0.208. The number of hydrogen-bond acceptors (Lipinski definition) is 8. The lowest BCUT2D eigenvalue weighted by atomic mass is 9.63. The van der Waals surface area contributed by atoms with E-state index in [1.807, 2.05) is 0 Å². The van der Waals surface area contributed by atoms with Crippen LogP contribution in [-0.2, 0) is 19.6 Å². The summed E-state index contributed by atoms with van der Waals surface area (Å²) in [4.78, 5) is 12.4. The number of carbonyl (C=O) groups is 1. The fourth-order valence-electron chi connectivity index (χ4n) is 4.42. The smallest absolute Gasteiger partial charge is 0.396 e. The van der Waals surface area contributed by atoms with E-state index in [9.17, 15) is 45.5 Å². The van der Waals surface area contributed by atoms with Gasteiger partial charge in [0.15, 0.2) is 10.1 Å². The summed E-state index contributed by atoms with van der Waals surface area (Å²) in [6.45, 7) is 5.05. The van der Waals surface area contributed by atoms with Crippen molar-refractivity contribution in [3.8, 4) is 0 Å². The Bertz CT molecular complexity index is 774. The van der Waals surface area contributed by atoms with E-state index in [0.717, 1.165) is 0 Å². The van der Waals surface area contributed by atoms with Gasteiger partial charge in [-0.3, -0.25) is 4.79 Å². The predicted molar refractivity (Wildman–Crippen MR) is 98.0 cm³/mol. The fourth-order valence-corrected chi connectivity index (χ4v) is 7.36. The van der Waals surface area contributed by atoms with E-state index < -0.39 is 68.6 Å². The Balaban J connectivity index is 2.06. The van der Waals surface area contributed by atoms with E-state index in [-0.39, 0.29) is 17.6 Å². The van der Waals surface area contributed by atoms with E-state index in [2.05, 4.69) is 0 Å². The third kappa shape index (κ3) is 4.59. The standard InChI is InChI=1S/C17H26F4O7S2/c1-14(2,23)10-9-7-8(12(29-9)11(10)15(3,4)24)13(22)28-6-5-16(18,19)17(20,21)30(25,26)27/h8-12,23-24H,5-7H2,1-4H3,(H,25,26,27)/p-1. The summed E-state index contributed by atoms with van der Waals surface area (Å²) < 4.78 is 89.2. The predicted octanol–water partition coefficient (Wildman–Crippen LogP) is 1.97. The summed E-state index contributed by atoms with van der Waals surface area (Å²) in [5.41, 5.74) is -2.42. The molecule has 2 heterocycles. The number of fused-ring (bicyclic) bond motifs is 2. The van der Waals surface area contributed by atoms with Gasteiger partial charge in [-0.2, -0.15) is 29.3 Å². The second kappa shape index (κ2) is 7.75. The molecule has 7 nitrogen and oxygen atoms in total. The molecule has 2 N–H and O–H groups in total. The van der Waals surface area contributed by atoms with E-state index in [0.29, 0.717) is 0 Å². The molecule has 2 rings (SSSR count). The lowest BCUT2D eigenvalue weighted by Gasteiger charge is -2.45. The molecule has 0 saturated carbocycles. The molecule has 0 aromatic rings. The number of ether oxygens (including phenoxy) is 1. The van der Waals surface area contributed by atoms with Gasteiger partial charge < -0.3 is 19.5 Å². The SMILES string of the molecule is CC(C)(O)C1C2CC(C(=O)OCCC(F)(F)C(F)(F)S(=O)(=O)[O-])C(S2)C1C(C)(C)O. The lowest BCUT2D eigenvalue weighted by molar-refractivity contribution is -0.177. The Labute approximate surface area is 176 Å². The number of rotatable bonds is 8. The molecule has 0 aliphatic carbocycles. The Morgan fingerprint density at radius 2 is 1.60 bits per heavy atom. The molecule has 0 spiro atoms. The highest BCUT2D eigenvalue weighted by Gasteiger charge is 2.63. The van der Waals surface area contributed by atoms with Crippen molar-refractivity contribution in [1.82, 2.24) is 0 Å². The maximum atomic E-state index is 13.5. The molecule has 0 aromatic heterocycles. The zero-order valence-corrected chi connectivity index (χ0v) is 18.4. The molecule has 0 radical (unpaired) electrons. The Morgan fingerprint density at radius 3 is 2.03 bits per heavy atom. The molecular formula is C17H25F4O7S2-. The van der Waals surface area contributed by atoms with Crippen LogP contribution in [0.2, 0.25) is 0 Å². The molecule has 0 amide bonds. The molecule has 176 valence electrons. The van der Waals surface area contributed by atoms with Gasteiger partial charge in [0, 0.05) is 22.3 Å². The number of thioether (sulfide) groups is 1. The topological polar surface area (TPSA) is 124 Å². The molecule has 0 aromatic carbocycles. The monoisotopic (exact) mass is 481 g/mol. The van der Waals surface area contributed by atoms with E-state index >= 15 is 0 Å². The third-order valence-electron chi connectivity index (χ3n) is 5.69. The second-order valence-corrected chi connectivity index (χ2v) is 11.8. The van der Waals surface area contributed by atoms with Crippen molar-refractivity contribution in [3.05, 3.63) is 0 Å². The highest BCUT2D eigenvalue weighted by atomic mass is 32.2. The second-order valence-electron chi connectivity index (χ2n) is 8.93. The van der Waals surface area contributed by atoms with Crippen LogP contribution in [-0.4, -0.2) is 68.6 Å². The van der Waals surface area contributed by atoms with Gasteiger partial charge in [-0.15, -0.1) is 0 Å². The minimum Gasteiger partial charge on any atom is -0.743 e. The normalized spacial score (nSPS) is 30.6. The number of esters is 1. The van der Waals surface area contributed by atoms with Crippen LogP contribution < -0.4 is 0 Å². The largest absolute Gasteiger partial charge is 0.743 e. The minimum atomic E-state index is -6.61. The zero-order valence-electron chi connectivity index (χ0n) is 16.8. The van der Waals surface area contributed by atoms with Crippen LogP contribution in [0.15, 0.2) is 0 Å². The Kier molecular flexibility index (Phi) is 6.62. The number of hydrogen-bond donors (Lipinski definition) is 2. The first kappa shape index (κ1) is 25.6. The van der Waals surface area contributed by atoms with E-state index in [1.54, 1.807) is 13.8 Å². The van der Waals surface area contributed by atoms with Crippen molar-refractivity contribution in [2.24, 2.45) is 17.8 Å². The average molecular weight is 482 g/mol. The summed E-state index contributed by atoms with van der Waals surface area (Å²) in [6.07, 6.45) is -1.60. The number of alkyl halides is 4. The molecule has 2 aliphatic heterocycles. The van der Waals surface area contributed by atoms with Crippen LogP contribution in [0.4, 0.5) is 17.6 Å². The van der Waals surface area contributed by atoms with E-state index in [4.69, 9.17) is 4.74 Å². The molecule has 5 unspecified atom stereocenters. The molecule has 2 fully saturated rings. The molecule has 2 saturated heterocycles. The molecule has 2 bridgehead atoms. The first-order chi connectivity index (χ1) is 13.2. The van der Waals surface area contributed by atoms with Crippen LogP contribution in [0, 0.1) is 17.8 Å². The first-order valence-electron chi connectivity index (χ1n) is 9.20. The molecule has 2 aliphatic rings. The fraction of sp³-hybridized carbons (Fsp3) is 0.941. The summed E-state index contributed by atoms with van der Waals surface area (Å²) in [6, 6.07) is 0. The summed E-state index contributed by atoms with van der Waals surface area (Å²) in [7, 11) is -6.61. The molecule has 30 heavy (non-hydrogen) atoms. The van der Waals surface area contributed by atoms with Gasteiger partial charge in [0.25, 0.3) is 0 Å². The lowest BCUT2D eigenvalue weighted by Crippen LogP contribution is -2.54. The Hall–Kier alpha value is -0.630. The van der Waals surface area contributed by atoms with Crippen molar-refractivity contribution in [2.75, 3.05) is 6.61 Å². The highest BCUT2D eigenvalue weighted by molar-refractivity contribution is 8.01. The van der Waals surface area contributed by atoms with Crippen molar-refractivity contribution in [1.29, 1.82) is 0 Å². The maximum Gasteiger partial charge on any atom is 0.396 e. The van der Waals surface area contributed by atoms with Gasteiger partial charge in [0.05, 0.1) is 30.1 Å². The maximum absolute atomic E-state index is 13.5. The summed E-state index contributed by atoms with van der Waals surface area (Å²) in [5, 5.41) is 14.6. The van der Waals surface area contributed by atoms with Crippen LogP contribution in [0.1, 0.15) is 40.5 Å². The van der Waals surface area contributed by atoms with Gasteiger partial charge in [0.2, 0.25) is 0 Å². The van der Waals surface area contributed by atoms with Gasteiger partial charge in [-0.25, -0.2) is 8.42 Å². The zero-order chi connectivity index (χ0) is 23.5. The molecular weight excluding hydrogens is 456 g/mol. The van der Waals surface area contributed by atoms with Crippen LogP contribution in [0.5, 0.6) is 0 Å².